The fourth-order valence-corrected chi connectivity index (χ4v) is 3.24. The van der Waals surface area contributed by atoms with Crippen molar-refractivity contribution in [1.82, 2.24) is 0 Å². The maximum absolute atomic E-state index is 13.2. The summed E-state index contributed by atoms with van der Waals surface area (Å²) in [5.74, 6) is -1.98. The zero-order valence-corrected chi connectivity index (χ0v) is 13.4. The lowest BCUT2D eigenvalue weighted by Crippen LogP contribution is -2.17. The Bertz CT molecular complexity index is 879. The number of esters is 1. The number of Topliss-reactive ketones (excluding diaryl/α,β-unsaturated/α-hetero) is 1. The number of nitrogens with two attached hydrogens (primary N) is 1. The smallest absolute Gasteiger partial charge is 0.350 e. The standard InChI is InChI=1S/C15H10ClFN2O3S/c1-7(19)10(5-18)11(20)6-22-15(21)14-13(16)9-3-2-8(17)4-12(9)23-14/h2-4H,6,19H2,1H3/b10-7+. The van der Waals surface area contributed by atoms with Crippen LogP contribution in [-0.2, 0) is 9.53 Å². The highest BCUT2D eigenvalue weighted by atomic mass is 35.5. The monoisotopic (exact) mass is 352 g/mol. The molecule has 1 aromatic heterocycles. The van der Waals surface area contributed by atoms with Gasteiger partial charge in [0.2, 0.25) is 5.78 Å². The molecule has 0 bridgehead atoms. The van der Waals surface area contributed by atoms with Crippen molar-refractivity contribution in [2.75, 3.05) is 6.61 Å². The van der Waals surface area contributed by atoms with E-state index in [0.717, 1.165) is 11.3 Å². The van der Waals surface area contributed by atoms with Gasteiger partial charge in [-0.1, -0.05) is 11.6 Å². The van der Waals surface area contributed by atoms with Crippen LogP contribution in [0.1, 0.15) is 16.6 Å². The van der Waals surface area contributed by atoms with E-state index in [0.29, 0.717) is 10.1 Å². The summed E-state index contributed by atoms with van der Waals surface area (Å²) in [6, 6.07) is 5.59. The zero-order valence-electron chi connectivity index (χ0n) is 11.9. The van der Waals surface area contributed by atoms with Gasteiger partial charge in [-0.3, -0.25) is 4.79 Å². The van der Waals surface area contributed by atoms with Crippen LogP contribution in [0.3, 0.4) is 0 Å². The van der Waals surface area contributed by atoms with Gasteiger partial charge < -0.3 is 10.5 Å². The number of nitriles is 1. The molecule has 0 fully saturated rings. The molecule has 1 heterocycles. The minimum absolute atomic E-state index is 0.0453. The third-order valence-corrected chi connectivity index (χ3v) is 4.53. The molecule has 5 nitrogen and oxygen atoms in total. The molecule has 1 aromatic carbocycles. The maximum Gasteiger partial charge on any atom is 0.350 e. The van der Waals surface area contributed by atoms with Crippen molar-refractivity contribution in [3.05, 3.63) is 45.2 Å². The number of hydrogen-bond acceptors (Lipinski definition) is 6. The predicted molar refractivity (Wildman–Crippen MR) is 84.6 cm³/mol. The van der Waals surface area contributed by atoms with Crippen molar-refractivity contribution in [3.8, 4) is 6.07 Å². The van der Waals surface area contributed by atoms with Gasteiger partial charge in [-0.05, 0) is 25.1 Å². The highest BCUT2D eigenvalue weighted by Crippen LogP contribution is 2.36. The molecule has 0 aliphatic carbocycles. The van der Waals surface area contributed by atoms with Crippen LogP contribution in [0, 0.1) is 17.1 Å². The van der Waals surface area contributed by atoms with Crippen LogP contribution >= 0.6 is 22.9 Å². The average molecular weight is 353 g/mol. The van der Waals surface area contributed by atoms with Crippen molar-refractivity contribution < 1.29 is 18.7 Å². The second kappa shape index (κ2) is 6.77. The van der Waals surface area contributed by atoms with Crippen molar-refractivity contribution in [2.45, 2.75) is 6.92 Å². The Morgan fingerprint density at radius 3 is 2.78 bits per heavy atom. The lowest BCUT2D eigenvalue weighted by atomic mass is 10.1. The van der Waals surface area contributed by atoms with E-state index >= 15 is 0 Å². The Kier molecular flexibility index (Phi) is 4.98. The molecule has 8 heteroatoms. The van der Waals surface area contributed by atoms with Gasteiger partial charge in [-0.2, -0.15) is 5.26 Å². The normalized spacial score (nSPS) is 11.7. The number of benzene rings is 1. The number of fused-ring (bicyclic) bond motifs is 1. The number of ether oxygens (including phenoxy) is 1. The number of allylic oxidation sites excluding steroid dienone is 1. The minimum atomic E-state index is -0.822. The number of ketones is 1. The zero-order chi connectivity index (χ0) is 17.1. The van der Waals surface area contributed by atoms with Gasteiger partial charge in [0.05, 0.1) is 5.02 Å². The highest BCUT2D eigenvalue weighted by molar-refractivity contribution is 7.21. The van der Waals surface area contributed by atoms with Crippen LogP contribution in [0.2, 0.25) is 5.02 Å². The van der Waals surface area contributed by atoms with E-state index < -0.39 is 24.2 Å². The van der Waals surface area contributed by atoms with E-state index in [1.807, 2.05) is 0 Å². The third-order valence-electron chi connectivity index (χ3n) is 2.90. The first kappa shape index (κ1) is 16.9. The lowest BCUT2D eigenvalue weighted by Gasteiger charge is -2.03. The molecule has 2 aromatic rings. The summed E-state index contributed by atoms with van der Waals surface area (Å²) < 4.78 is 18.5. The van der Waals surface area contributed by atoms with Crippen LogP contribution < -0.4 is 5.73 Å². The van der Waals surface area contributed by atoms with E-state index in [1.165, 1.54) is 25.1 Å². The molecule has 0 saturated carbocycles. The average Bonchev–Trinajstić information content (AvgIpc) is 2.81. The van der Waals surface area contributed by atoms with Crippen molar-refractivity contribution >= 4 is 44.8 Å². The molecular weight excluding hydrogens is 343 g/mol. The fraction of sp³-hybridized carbons (Fsp3) is 0.133. The Morgan fingerprint density at radius 2 is 2.17 bits per heavy atom. The van der Waals surface area contributed by atoms with Gasteiger partial charge in [-0.15, -0.1) is 11.3 Å². The van der Waals surface area contributed by atoms with Crippen LogP contribution in [0.15, 0.2) is 29.5 Å². The van der Waals surface area contributed by atoms with Crippen molar-refractivity contribution in [2.24, 2.45) is 5.73 Å². The van der Waals surface area contributed by atoms with Gasteiger partial charge in [0.15, 0.2) is 6.61 Å². The maximum atomic E-state index is 13.2. The van der Waals surface area contributed by atoms with E-state index in [1.54, 1.807) is 6.07 Å². The summed E-state index contributed by atoms with van der Waals surface area (Å²) in [6.45, 7) is 0.769. The van der Waals surface area contributed by atoms with Gasteiger partial charge >= 0.3 is 5.97 Å². The van der Waals surface area contributed by atoms with Crippen molar-refractivity contribution in [3.63, 3.8) is 0 Å². The summed E-state index contributed by atoms with van der Waals surface area (Å²) in [6.07, 6.45) is 0. The van der Waals surface area contributed by atoms with E-state index in [4.69, 9.17) is 27.3 Å². The summed E-state index contributed by atoms with van der Waals surface area (Å²) in [4.78, 5) is 23.8. The SMILES string of the molecule is C/C(N)=C(/C#N)C(=O)COC(=O)c1sc2cc(F)ccc2c1Cl. The molecule has 23 heavy (non-hydrogen) atoms. The quantitative estimate of drug-likeness (QED) is 0.518. The Labute approximate surface area is 139 Å². The van der Waals surface area contributed by atoms with Gasteiger partial charge in [0.25, 0.3) is 0 Å². The molecule has 0 aliphatic heterocycles. The van der Waals surface area contributed by atoms with E-state index in [9.17, 15) is 14.0 Å². The van der Waals surface area contributed by atoms with Crippen molar-refractivity contribution in [1.29, 1.82) is 5.26 Å². The first-order chi connectivity index (χ1) is 10.8. The molecule has 0 amide bonds. The molecular formula is C15H10ClFN2O3S. The highest BCUT2D eigenvalue weighted by Gasteiger charge is 2.21. The van der Waals surface area contributed by atoms with Crippen LogP contribution in [0.5, 0.6) is 0 Å². The molecule has 0 saturated heterocycles. The molecule has 0 atom stereocenters. The molecule has 2 N–H and O–H groups in total. The number of carbonyl (C=O) groups is 2. The summed E-state index contributed by atoms with van der Waals surface area (Å²) in [5.41, 5.74) is 5.18. The number of thiophene rings is 1. The number of nitrogens with zero attached hydrogens (tertiary/aromatic N) is 1. The molecule has 0 spiro atoms. The van der Waals surface area contributed by atoms with Crippen LogP contribution in [0.25, 0.3) is 10.1 Å². The number of rotatable bonds is 4. The Balaban J connectivity index is 2.19. The Hall–Kier alpha value is -2.43. The van der Waals surface area contributed by atoms with E-state index in [2.05, 4.69) is 0 Å². The molecule has 2 rings (SSSR count). The first-order valence-electron chi connectivity index (χ1n) is 6.29. The number of carbonyl (C=O) groups excluding carboxylic acids is 2. The Morgan fingerprint density at radius 1 is 1.48 bits per heavy atom. The van der Waals surface area contributed by atoms with Gasteiger partial charge in [0.1, 0.15) is 22.3 Å². The topological polar surface area (TPSA) is 93.2 Å². The second-order valence-corrected chi connectivity index (χ2v) is 5.98. The fourth-order valence-electron chi connectivity index (χ4n) is 1.81. The summed E-state index contributed by atoms with van der Waals surface area (Å²) in [5, 5.41) is 9.46. The number of halogens is 2. The second-order valence-electron chi connectivity index (χ2n) is 4.55. The largest absolute Gasteiger partial charge is 0.453 e. The molecule has 0 aliphatic rings. The molecule has 0 unspecified atom stereocenters. The van der Waals surface area contributed by atoms with Crippen LogP contribution in [-0.4, -0.2) is 18.4 Å². The first-order valence-corrected chi connectivity index (χ1v) is 7.49. The molecule has 118 valence electrons. The third kappa shape index (κ3) is 3.50. The molecule has 0 radical (unpaired) electrons. The lowest BCUT2D eigenvalue weighted by molar-refractivity contribution is -0.118. The summed E-state index contributed by atoms with van der Waals surface area (Å²) >= 11 is 7.04. The summed E-state index contributed by atoms with van der Waals surface area (Å²) in [7, 11) is 0. The van der Waals surface area contributed by atoms with Crippen LogP contribution in [0.4, 0.5) is 4.39 Å². The number of hydrogen-bond donors (Lipinski definition) is 1. The van der Waals surface area contributed by atoms with E-state index in [-0.39, 0.29) is 21.2 Å². The van der Waals surface area contributed by atoms with Gasteiger partial charge in [-0.25, -0.2) is 9.18 Å². The van der Waals surface area contributed by atoms with Gasteiger partial charge in [0, 0.05) is 15.8 Å². The minimum Gasteiger partial charge on any atom is -0.453 e. The predicted octanol–water partition coefficient (Wildman–Crippen LogP) is 3.18.